The number of nitrogens with one attached hydrogen (secondary N) is 1. The number of pyridine rings is 1. The Hall–Kier alpha value is -2.64. The maximum atomic E-state index is 10.8. The van der Waals surface area contributed by atoms with Gasteiger partial charge in [-0.3, -0.25) is 9.78 Å². The van der Waals surface area contributed by atoms with Gasteiger partial charge in [-0.05, 0) is 35.9 Å². The third-order valence-electron chi connectivity index (χ3n) is 3.77. The van der Waals surface area contributed by atoms with Gasteiger partial charge in [-0.25, -0.2) is 0 Å². The molecule has 0 unspecified atom stereocenters. The summed E-state index contributed by atoms with van der Waals surface area (Å²) >= 11 is 12.1. The summed E-state index contributed by atoms with van der Waals surface area (Å²) in [6.45, 7) is -0.151. The minimum absolute atomic E-state index is 0.0642. The monoisotopic (exact) mass is 434 g/mol. The van der Waals surface area contributed by atoms with Crippen molar-refractivity contribution < 1.29 is 20.1 Å². The number of rotatable bonds is 6. The smallest absolute Gasteiger partial charge is 0.307 e. The van der Waals surface area contributed by atoms with E-state index in [2.05, 4.69) is 10.3 Å². The lowest BCUT2D eigenvalue weighted by atomic mass is 10.1. The van der Waals surface area contributed by atoms with E-state index >= 15 is 0 Å². The standard InChI is InChI=1S/C14H11Cl2NO2.C7H9NO2/c15-10-5-3-6-11(16)14(10)17-12-7-2-1-4-9(12)8-13(18)19;9-4-6-2-1-3-7(5-10)8-6/h1-7,17H,8H2,(H,18,19);1-3,9-10H,4-5H2. The molecule has 0 spiro atoms. The van der Waals surface area contributed by atoms with Crippen molar-refractivity contribution in [1.82, 2.24) is 4.98 Å². The van der Waals surface area contributed by atoms with Gasteiger partial charge >= 0.3 is 5.97 Å². The fourth-order valence-corrected chi connectivity index (χ4v) is 2.91. The molecule has 8 heteroatoms. The molecule has 0 radical (unpaired) electrons. The Morgan fingerprint density at radius 2 is 1.41 bits per heavy atom. The molecule has 4 N–H and O–H groups in total. The summed E-state index contributed by atoms with van der Waals surface area (Å²) in [5.74, 6) is -0.889. The van der Waals surface area contributed by atoms with Gasteiger partial charge in [0.1, 0.15) is 0 Å². The maximum Gasteiger partial charge on any atom is 0.307 e. The number of carboxylic acid groups (broad SMARTS) is 1. The van der Waals surface area contributed by atoms with Crippen LogP contribution in [-0.4, -0.2) is 26.3 Å². The van der Waals surface area contributed by atoms with Crippen LogP contribution in [0.3, 0.4) is 0 Å². The van der Waals surface area contributed by atoms with E-state index in [1.165, 1.54) is 0 Å². The highest BCUT2D eigenvalue weighted by Crippen LogP contribution is 2.33. The predicted octanol–water partition coefficient (Wildman–Crippen LogP) is 4.43. The molecule has 0 saturated heterocycles. The quantitative estimate of drug-likeness (QED) is 0.457. The van der Waals surface area contributed by atoms with Gasteiger partial charge in [0.2, 0.25) is 0 Å². The maximum absolute atomic E-state index is 10.8. The van der Waals surface area contributed by atoms with Gasteiger partial charge in [-0.1, -0.05) is 53.5 Å². The van der Waals surface area contributed by atoms with Crippen LogP contribution in [0.25, 0.3) is 0 Å². The van der Waals surface area contributed by atoms with Gasteiger partial charge < -0.3 is 20.6 Å². The number of aliphatic hydroxyl groups is 2. The molecule has 0 aliphatic rings. The predicted molar refractivity (Wildman–Crippen MR) is 114 cm³/mol. The molecule has 0 fully saturated rings. The van der Waals surface area contributed by atoms with Crippen molar-refractivity contribution in [3.8, 4) is 0 Å². The zero-order valence-electron chi connectivity index (χ0n) is 15.3. The Labute approximate surface area is 178 Å². The third-order valence-corrected chi connectivity index (χ3v) is 4.40. The van der Waals surface area contributed by atoms with Crippen LogP contribution in [0.5, 0.6) is 0 Å². The lowest BCUT2D eigenvalue weighted by Gasteiger charge is -2.13. The number of hydrogen-bond acceptors (Lipinski definition) is 5. The third kappa shape index (κ3) is 7.03. The van der Waals surface area contributed by atoms with Crippen molar-refractivity contribution in [2.45, 2.75) is 19.6 Å². The largest absolute Gasteiger partial charge is 0.481 e. The number of anilines is 2. The number of carbonyl (C=O) groups is 1. The molecule has 0 atom stereocenters. The molecule has 6 nitrogen and oxygen atoms in total. The number of carboxylic acids is 1. The SMILES string of the molecule is O=C(O)Cc1ccccc1Nc1c(Cl)cccc1Cl.OCc1cccc(CO)n1. The second-order valence-electron chi connectivity index (χ2n) is 5.89. The summed E-state index contributed by atoms with van der Waals surface area (Å²) < 4.78 is 0. The molecular weight excluding hydrogens is 415 g/mol. The molecule has 3 rings (SSSR count). The van der Waals surface area contributed by atoms with Crippen molar-refractivity contribution in [1.29, 1.82) is 0 Å². The van der Waals surface area contributed by atoms with Crippen LogP contribution in [0.1, 0.15) is 17.0 Å². The number of benzene rings is 2. The van der Waals surface area contributed by atoms with E-state index in [1.807, 2.05) is 6.07 Å². The van der Waals surface area contributed by atoms with Crippen molar-refractivity contribution in [2.75, 3.05) is 5.32 Å². The van der Waals surface area contributed by atoms with Crippen molar-refractivity contribution >= 4 is 40.5 Å². The first-order valence-corrected chi connectivity index (χ1v) is 9.37. The fraction of sp³-hybridized carbons (Fsp3) is 0.143. The van der Waals surface area contributed by atoms with Crippen LogP contribution < -0.4 is 5.32 Å². The van der Waals surface area contributed by atoms with E-state index in [1.54, 1.807) is 54.6 Å². The number of aliphatic carboxylic acids is 1. The summed E-state index contributed by atoms with van der Waals surface area (Å²) in [5.41, 5.74) is 3.10. The molecule has 1 heterocycles. The van der Waals surface area contributed by atoms with Crippen LogP contribution in [0, 0.1) is 0 Å². The number of nitrogens with zero attached hydrogens (tertiary/aromatic N) is 1. The lowest BCUT2D eigenvalue weighted by molar-refractivity contribution is -0.136. The summed E-state index contributed by atoms with van der Waals surface area (Å²) in [7, 11) is 0. The molecule has 152 valence electrons. The van der Waals surface area contributed by atoms with Crippen LogP contribution in [-0.2, 0) is 24.4 Å². The molecule has 2 aromatic carbocycles. The second-order valence-corrected chi connectivity index (χ2v) is 6.70. The minimum Gasteiger partial charge on any atom is -0.481 e. The summed E-state index contributed by atoms with van der Waals surface area (Å²) in [6, 6.07) is 17.5. The summed E-state index contributed by atoms with van der Waals surface area (Å²) in [5, 5.41) is 30.2. The first-order chi connectivity index (χ1) is 13.9. The number of hydrogen-bond donors (Lipinski definition) is 4. The van der Waals surface area contributed by atoms with E-state index in [0.717, 1.165) is 0 Å². The van der Waals surface area contributed by atoms with Gasteiger partial charge in [0, 0.05) is 5.69 Å². The van der Waals surface area contributed by atoms with Gasteiger partial charge in [-0.2, -0.15) is 0 Å². The normalized spacial score (nSPS) is 10.1. The molecule has 0 aliphatic heterocycles. The number of aliphatic hydroxyl groups excluding tert-OH is 2. The highest BCUT2D eigenvalue weighted by atomic mass is 35.5. The van der Waals surface area contributed by atoms with Crippen LogP contribution in [0.15, 0.2) is 60.7 Å². The van der Waals surface area contributed by atoms with E-state index in [-0.39, 0.29) is 19.6 Å². The molecule has 0 amide bonds. The second kappa shape index (κ2) is 11.4. The van der Waals surface area contributed by atoms with Crippen molar-refractivity contribution in [2.24, 2.45) is 0 Å². The number of halogens is 2. The summed E-state index contributed by atoms with van der Waals surface area (Å²) in [4.78, 5) is 14.7. The first-order valence-electron chi connectivity index (χ1n) is 8.61. The average Bonchev–Trinajstić information content (AvgIpc) is 2.72. The molecule has 1 aromatic heterocycles. The van der Waals surface area contributed by atoms with Crippen LogP contribution >= 0.6 is 23.2 Å². The Morgan fingerprint density at radius 1 is 0.862 bits per heavy atom. The highest BCUT2D eigenvalue weighted by Gasteiger charge is 2.10. The van der Waals surface area contributed by atoms with E-state index in [4.69, 9.17) is 38.5 Å². The molecule has 29 heavy (non-hydrogen) atoms. The molecular formula is C21H20Cl2N2O4. The zero-order valence-corrected chi connectivity index (χ0v) is 16.9. The van der Waals surface area contributed by atoms with Gasteiger partial charge in [0.25, 0.3) is 0 Å². The Morgan fingerprint density at radius 3 is 1.97 bits per heavy atom. The lowest BCUT2D eigenvalue weighted by Crippen LogP contribution is -2.04. The summed E-state index contributed by atoms with van der Waals surface area (Å²) in [6.07, 6.45) is -0.0642. The minimum atomic E-state index is -0.889. The topological polar surface area (TPSA) is 103 Å². The Balaban J connectivity index is 0.000000253. The average molecular weight is 435 g/mol. The Kier molecular flexibility index (Phi) is 8.89. The van der Waals surface area contributed by atoms with Crippen LogP contribution in [0.2, 0.25) is 10.0 Å². The highest BCUT2D eigenvalue weighted by molar-refractivity contribution is 6.39. The number of aromatic nitrogens is 1. The van der Waals surface area contributed by atoms with E-state index < -0.39 is 5.97 Å². The van der Waals surface area contributed by atoms with E-state index in [9.17, 15) is 4.79 Å². The zero-order chi connectivity index (χ0) is 21.2. The van der Waals surface area contributed by atoms with Crippen LogP contribution in [0.4, 0.5) is 11.4 Å². The molecule has 0 aliphatic carbocycles. The van der Waals surface area contributed by atoms with E-state index in [0.29, 0.717) is 38.4 Å². The van der Waals surface area contributed by atoms with Crippen molar-refractivity contribution in [3.63, 3.8) is 0 Å². The molecule has 0 bridgehead atoms. The molecule has 0 saturated carbocycles. The first kappa shape index (κ1) is 22.6. The van der Waals surface area contributed by atoms with Gasteiger partial charge in [0.05, 0.1) is 46.8 Å². The number of para-hydroxylation sites is 2. The van der Waals surface area contributed by atoms with Gasteiger partial charge in [0.15, 0.2) is 0 Å². The van der Waals surface area contributed by atoms with Gasteiger partial charge in [-0.15, -0.1) is 0 Å². The fourth-order valence-electron chi connectivity index (χ4n) is 2.42. The molecule has 3 aromatic rings. The Bertz CT molecular complexity index is 927. The van der Waals surface area contributed by atoms with Crippen molar-refractivity contribution in [3.05, 3.63) is 87.7 Å².